The molecule has 0 spiro atoms. The average molecular weight is 220 g/mol. The van der Waals surface area contributed by atoms with Gasteiger partial charge in [0, 0.05) is 24.5 Å². The predicted octanol–water partition coefficient (Wildman–Crippen LogP) is 3.45. The van der Waals surface area contributed by atoms with Crippen LogP contribution in [0.15, 0.2) is 18.2 Å². The van der Waals surface area contributed by atoms with Crippen LogP contribution < -0.4 is 10.6 Å². The van der Waals surface area contributed by atoms with Crippen molar-refractivity contribution in [2.45, 2.75) is 40.2 Å². The van der Waals surface area contributed by atoms with Crippen LogP contribution in [0.3, 0.4) is 0 Å². The van der Waals surface area contributed by atoms with Gasteiger partial charge in [0.05, 0.1) is 0 Å². The molecule has 0 radical (unpaired) electrons. The summed E-state index contributed by atoms with van der Waals surface area (Å²) in [4.78, 5) is 2.33. The van der Waals surface area contributed by atoms with Crippen molar-refractivity contribution >= 4 is 11.4 Å². The molecule has 16 heavy (non-hydrogen) atoms. The van der Waals surface area contributed by atoms with Gasteiger partial charge in [-0.15, -0.1) is 0 Å². The van der Waals surface area contributed by atoms with Crippen LogP contribution >= 0.6 is 0 Å². The van der Waals surface area contributed by atoms with Gasteiger partial charge in [0.15, 0.2) is 0 Å². The summed E-state index contributed by atoms with van der Waals surface area (Å²) < 4.78 is 0. The van der Waals surface area contributed by atoms with Gasteiger partial charge in [-0.05, 0) is 43.9 Å². The molecule has 0 aliphatic carbocycles. The fraction of sp³-hybridized carbons (Fsp3) is 0.571. The minimum Gasteiger partial charge on any atom is -0.398 e. The van der Waals surface area contributed by atoms with Crippen LogP contribution in [-0.4, -0.2) is 13.1 Å². The normalized spacial score (nSPS) is 12.9. The maximum Gasteiger partial charge on any atom is 0.0416 e. The van der Waals surface area contributed by atoms with Crippen molar-refractivity contribution in [3.8, 4) is 0 Å². The van der Waals surface area contributed by atoms with Crippen molar-refractivity contribution in [2.75, 3.05) is 17.7 Å². The first-order valence-electron chi connectivity index (χ1n) is 6.01. The molecule has 0 heterocycles. The Morgan fingerprint density at radius 3 is 2.44 bits per heavy atom. The van der Waals surface area contributed by atoms with E-state index in [2.05, 4.69) is 45.7 Å². The molecule has 0 bridgehead atoms. The Kier molecular flexibility index (Phi) is 4.22. The number of rotatable bonds is 4. The van der Waals surface area contributed by atoms with Crippen LogP contribution in [0, 0.1) is 12.8 Å². The van der Waals surface area contributed by atoms with E-state index in [4.69, 9.17) is 5.73 Å². The largest absolute Gasteiger partial charge is 0.398 e. The molecule has 0 amide bonds. The Morgan fingerprint density at radius 2 is 1.88 bits per heavy atom. The summed E-state index contributed by atoms with van der Waals surface area (Å²) in [5.41, 5.74) is 9.23. The lowest BCUT2D eigenvalue weighted by Crippen LogP contribution is -2.30. The molecule has 1 unspecified atom stereocenters. The van der Waals surface area contributed by atoms with E-state index in [0.717, 1.165) is 11.6 Å². The average Bonchev–Trinajstić information content (AvgIpc) is 2.20. The second-order valence-electron chi connectivity index (χ2n) is 5.08. The summed E-state index contributed by atoms with van der Waals surface area (Å²) in [6.45, 7) is 8.87. The Balaban J connectivity index is 2.87. The van der Waals surface area contributed by atoms with E-state index in [-0.39, 0.29) is 0 Å². The van der Waals surface area contributed by atoms with E-state index in [1.54, 1.807) is 0 Å². The first kappa shape index (κ1) is 12.9. The van der Waals surface area contributed by atoms with Crippen LogP contribution in [0.1, 0.15) is 32.8 Å². The fourth-order valence-corrected chi connectivity index (χ4v) is 2.10. The summed E-state index contributed by atoms with van der Waals surface area (Å²) in [6, 6.07) is 6.67. The van der Waals surface area contributed by atoms with Gasteiger partial charge in [-0.1, -0.05) is 19.9 Å². The fourth-order valence-electron chi connectivity index (χ4n) is 2.10. The van der Waals surface area contributed by atoms with Crippen molar-refractivity contribution < 1.29 is 0 Å². The number of nitrogens with zero attached hydrogens (tertiary/aromatic N) is 1. The van der Waals surface area contributed by atoms with Gasteiger partial charge >= 0.3 is 0 Å². The molecular weight excluding hydrogens is 196 g/mol. The highest BCUT2D eigenvalue weighted by atomic mass is 15.1. The molecule has 2 N–H and O–H groups in total. The molecular formula is C14H24N2. The molecule has 0 aliphatic rings. The number of anilines is 2. The van der Waals surface area contributed by atoms with Crippen LogP contribution in [0.25, 0.3) is 0 Å². The lowest BCUT2D eigenvalue weighted by Gasteiger charge is -2.30. The monoisotopic (exact) mass is 220 g/mol. The first-order chi connectivity index (χ1) is 7.43. The molecule has 1 atom stereocenters. The SMILES string of the molecule is Cc1c(N)cccc1N(C)C(C)CC(C)C. The van der Waals surface area contributed by atoms with Crippen molar-refractivity contribution in [1.29, 1.82) is 0 Å². The lowest BCUT2D eigenvalue weighted by molar-refractivity contribution is 0.504. The molecule has 90 valence electrons. The van der Waals surface area contributed by atoms with Gasteiger partial charge in [-0.2, -0.15) is 0 Å². The molecule has 0 saturated heterocycles. The van der Waals surface area contributed by atoms with Gasteiger partial charge in [0.25, 0.3) is 0 Å². The van der Waals surface area contributed by atoms with E-state index in [0.29, 0.717) is 6.04 Å². The van der Waals surface area contributed by atoms with Crippen molar-refractivity contribution in [1.82, 2.24) is 0 Å². The third-order valence-electron chi connectivity index (χ3n) is 3.20. The highest BCUT2D eigenvalue weighted by Gasteiger charge is 2.14. The lowest BCUT2D eigenvalue weighted by atomic mass is 10.0. The number of nitrogens with two attached hydrogens (primary N) is 1. The summed E-state index contributed by atoms with van der Waals surface area (Å²) in [5, 5.41) is 0. The topological polar surface area (TPSA) is 29.3 Å². The number of hydrogen-bond acceptors (Lipinski definition) is 2. The molecule has 1 aromatic carbocycles. The minimum atomic E-state index is 0.542. The van der Waals surface area contributed by atoms with Crippen LogP contribution in [-0.2, 0) is 0 Å². The van der Waals surface area contributed by atoms with E-state index in [1.807, 2.05) is 12.1 Å². The molecule has 0 fully saturated rings. The Hall–Kier alpha value is -1.18. The Morgan fingerprint density at radius 1 is 1.25 bits per heavy atom. The summed E-state index contributed by atoms with van der Waals surface area (Å²) in [6.07, 6.45) is 1.20. The van der Waals surface area contributed by atoms with Gasteiger partial charge in [-0.3, -0.25) is 0 Å². The van der Waals surface area contributed by atoms with Crippen molar-refractivity contribution in [2.24, 2.45) is 5.92 Å². The minimum absolute atomic E-state index is 0.542. The standard InChI is InChI=1S/C14H24N2/c1-10(2)9-11(3)16(5)14-8-6-7-13(15)12(14)4/h6-8,10-11H,9,15H2,1-5H3. The second-order valence-corrected chi connectivity index (χ2v) is 5.08. The van der Waals surface area contributed by atoms with Gasteiger partial charge in [0.2, 0.25) is 0 Å². The molecule has 0 aromatic heterocycles. The highest BCUT2D eigenvalue weighted by molar-refractivity contribution is 5.64. The quantitative estimate of drug-likeness (QED) is 0.787. The molecule has 1 rings (SSSR count). The number of benzene rings is 1. The molecule has 0 aliphatic heterocycles. The number of hydrogen-bond donors (Lipinski definition) is 1. The zero-order valence-electron chi connectivity index (χ0n) is 11.1. The van der Waals surface area contributed by atoms with Gasteiger partial charge in [-0.25, -0.2) is 0 Å². The second kappa shape index (κ2) is 5.24. The zero-order valence-corrected chi connectivity index (χ0v) is 11.1. The van der Waals surface area contributed by atoms with E-state index in [9.17, 15) is 0 Å². The Labute approximate surface area is 99.5 Å². The molecule has 2 nitrogen and oxygen atoms in total. The third kappa shape index (κ3) is 2.91. The van der Waals surface area contributed by atoms with E-state index < -0.39 is 0 Å². The smallest absolute Gasteiger partial charge is 0.0416 e. The van der Waals surface area contributed by atoms with Crippen LogP contribution in [0.5, 0.6) is 0 Å². The summed E-state index contributed by atoms with van der Waals surface area (Å²) in [5.74, 6) is 0.721. The Bertz CT molecular complexity index is 345. The van der Waals surface area contributed by atoms with Crippen molar-refractivity contribution in [3.05, 3.63) is 23.8 Å². The number of nitrogen functional groups attached to an aromatic ring is 1. The third-order valence-corrected chi connectivity index (χ3v) is 3.20. The van der Waals surface area contributed by atoms with Gasteiger partial charge in [0.1, 0.15) is 0 Å². The summed E-state index contributed by atoms with van der Waals surface area (Å²) in [7, 11) is 2.15. The first-order valence-corrected chi connectivity index (χ1v) is 6.01. The molecule has 0 saturated carbocycles. The molecule has 2 heteroatoms. The zero-order chi connectivity index (χ0) is 12.3. The predicted molar refractivity (Wildman–Crippen MR) is 72.9 cm³/mol. The van der Waals surface area contributed by atoms with Gasteiger partial charge < -0.3 is 10.6 Å². The molecule has 1 aromatic rings. The van der Waals surface area contributed by atoms with Crippen LogP contribution in [0.2, 0.25) is 0 Å². The van der Waals surface area contributed by atoms with Crippen LogP contribution in [0.4, 0.5) is 11.4 Å². The maximum absolute atomic E-state index is 5.93. The highest BCUT2D eigenvalue weighted by Crippen LogP contribution is 2.26. The maximum atomic E-state index is 5.93. The summed E-state index contributed by atoms with van der Waals surface area (Å²) >= 11 is 0. The van der Waals surface area contributed by atoms with E-state index in [1.165, 1.54) is 17.7 Å². The van der Waals surface area contributed by atoms with E-state index >= 15 is 0 Å². The van der Waals surface area contributed by atoms with Crippen molar-refractivity contribution in [3.63, 3.8) is 0 Å².